The summed E-state index contributed by atoms with van der Waals surface area (Å²) in [7, 11) is -5.83. The van der Waals surface area contributed by atoms with E-state index in [0.717, 1.165) is 27.0 Å². The van der Waals surface area contributed by atoms with E-state index in [9.17, 15) is 13.7 Å². The van der Waals surface area contributed by atoms with Gasteiger partial charge in [0.15, 0.2) is 6.29 Å². The first-order valence-corrected chi connectivity index (χ1v) is 33.8. The molecule has 0 aliphatic heterocycles. The maximum atomic E-state index is 13.7. The van der Waals surface area contributed by atoms with Gasteiger partial charge in [-0.3, -0.25) is 27.2 Å². The molecule has 8 rings (SSSR count). The molecule has 0 amide bonds. The third kappa shape index (κ3) is 27.9. The number of hydrogen-bond donors (Lipinski definition) is 5. The molecule has 0 aliphatic rings. The molecule has 484 valence electrons. The number of benzene rings is 3. The number of rotatable bonds is 17. The highest BCUT2D eigenvalue weighted by Gasteiger charge is 2.39. The van der Waals surface area contributed by atoms with E-state index >= 15 is 0 Å². The van der Waals surface area contributed by atoms with E-state index in [1.54, 1.807) is 38.5 Å². The van der Waals surface area contributed by atoms with Gasteiger partial charge in [-0.05, 0) is 233 Å². The number of halogens is 1. The summed E-state index contributed by atoms with van der Waals surface area (Å²) in [5.74, 6) is 0.253. The summed E-state index contributed by atoms with van der Waals surface area (Å²) in [6, 6.07) is 43.5. The van der Waals surface area contributed by atoms with E-state index < -0.39 is 63.3 Å². The van der Waals surface area contributed by atoms with Crippen LogP contribution in [0.1, 0.15) is 190 Å². The van der Waals surface area contributed by atoms with Crippen LogP contribution in [0.15, 0.2) is 175 Å². The van der Waals surface area contributed by atoms with Crippen molar-refractivity contribution in [3.63, 3.8) is 0 Å². The maximum absolute atomic E-state index is 13.7. The monoisotopic (exact) mass is 1330 g/mol. The fourth-order valence-electron chi connectivity index (χ4n) is 8.27. The number of aromatic nitrogens is 5. The molecule has 0 aliphatic carbocycles. The van der Waals surface area contributed by atoms with Crippen molar-refractivity contribution < 1.29 is 50.3 Å². The van der Waals surface area contributed by atoms with Crippen molar-refractivity contribution in [3.05, 3.63) is 215 Å². The molecular formula is C68H100BrN5O11P3+. The molecule has 0 unspecified atom stereocenters. The highest BCUT2D eigenvalue weighted by molar-refractivity contribution is 9.10. The Morgan fingerprint density at radius 2 is 0.659 bits per heavy atom. The van der Waals surface area contributed by atoms with Crippen molar-refractivity contribution in [2.45, 2.75) is 184 Å². The predicted octanol–water partition coefficient (Wildman–Crippen LogP) is 19.6. The van der Waals surface area contributed by atoms with E-state index in [1.807, 2.05) is 222 Å². The van der Waals surface area contributed by atoms with Crippen LogP contribution in [0.3, 0.4) is 0 Å². The van der Waals surface area contributed by atoms with Crippen LogP contribution < -0.4 is 10.6 Å². The van der Waals surface area contributed by atoms with E-state index in [1.165, 1.54) is 17.0 Å². The van der Waals surface area contributed by atoms with Crippen LogP contribution in [-0.4, -0.2) is 72.7 Å². The molecule has 5 aromatic heterocycles. The van der Waals surface area contributed by atoms with Gasteiger partial charge in [0.05, 0.1) is 44.8 Å². The standard InChI is InChI=1S/C23H31N2O3P.C17H29O5P.C15H13BrN2.C8H18O3P.C4H5N.CH4/c1-22(2,3)27-29(26,28-23(4,5)6)18-13-11-17(12-14-18)21(19-9-7-15-24-19)20-10-8-16-25-20;1-16(2,3)21-23(18,22-17(4,5)6)14-11-9-13(10-12-14)15(19-7)20-8;16-12-7-5-11(6-8-12)15(13-3-1-9-17-13)14-4-2-10-18-14;1-7(2,3)10-12(9)11-8(4,5)6;1-2-4-5-3-1;/h7-16,21,24-25H,1-6H3;9-12,15H,1-8H3;1-10,15,17-18H;1-6H3;1-5H;1H4/q;;;+1;;. The molecule has 8 aromatic rings. The highest BCUT2D eigenvalue weighted by atomic mass is 79.9. The summed E-state index contributed by atoms with van der Waals surface area (Å²) < 4.78 is 83.5. The Kier molecular flexibility index (Phi) is 29.5. The van der Waals surface area contributed by atoms with Crippen LogP contribution in [0, 0.1) is 0 Å². The van der Waals surface area contributed by atoms with Gasteiger partial charge in [0, 0.05) is 88.8 Å². The van der Waals surface area contributed by atoms with Crippen molar-refractivity contribution in [1.29, 1.82) is 0 Å². The topological polar surface area (TPSA) is 204 Å². The number of hydrogen-bond acceptors (Lipinski definition) is 11. The molecular weight excluding hydrogens is 1240 g/mol. The SMILES string of the molecule is Brc1ccc(C(c2ccc[nH]2)c2ccc[nH]2)cc1.C.CC(C)(C)OP(=O)(OC(C)(C)C)c1ccc(C(c2ccc[nH]2)c2ccc[nH]2)cc1.CC(C)(C)O[P+](=O)OC(C)(C)C.COC(OC)c1ccc(P(=O)(OC(C)(C)C)OC(C)(C)C)cc1.c1cc[nH]c1. The maximum Gasteiger partial charge on any atom is 0.698 e. The number of H-pyrrole nitrogens is 5. The molecule has 0 fully saturated rings. The molecule has 0 saturated heterocycles. The molecule has 0 atom stereocenters. The van der Waals surface area contributed by atoms with Crippen molar-refractivity contribution in [3.8, 4) is 0 Å². The van der Waals surface area contributed by atoms with Crippen LogP contribution in [0.5, 0.6) is 0 Å². The van der Waals surface area contributed by atoms with E-state index in [-0.39, 0.29) is 19.3 Å². The number of nitrogens with one attached hydrogen (secondary N) is 5. The van der Waals surface area contributed by atoms with Gasteiger partial charge in [0.25, 0.3) is 0 Å². The van der Waals surface area contributed by atoms with E-state index in [4.69, 9.17) is 36.6 Å². The highest BCUT2D eigenvalue weighted by Crippen LogP contribution is 2.55. The molecule has 0 bridgehead atoms. The number of ether oxygens (including phenoxy) is 2. The zero-order valence-electron chi connectivity index (χ0n) is 54.6. The first-order valence-electron chi connectivity index (χ1n) is 28.8. The number of methoxy groups -OCH3 is 2. The van der Waals surface area contributed by atoms with Gasteiger partial charge in [-0.2, -0.15) is 0 Å². The van der Waals surface area contributed by atoms with Crippen LogP contribution in [0.2, 0.25) is 0 Å². The van der Waals surface area contributed by atoms with Gasteiger partial charge in [-0.1, -0.05) is 59.8 Å². The van der Waals surface area contributed by atoms with Crippen LogP contribution >= 0.6 is 39.4 Å². The molecule has 0 saturated carbocycles. The van der Waals surface area contributed by atoms with Gasteiger partial charge in [0.2, 0.25) is 0 Å². The molecule has 0 spiro atoms. The normalized spacial score (nSPS) is 12.4. The average Bonchev–Trinajstić information content (AvgIpc) is 1.05. The first-order chi connectivity index (χ1) is 40.3. The zero-order chi connectivity index (χ0) is 65.1. The Morgan fingerprint density at radius 1 is 0.386 bits per heavy atom. The quantitative estimate of drug-likeness (QED) is 0.0429. The van der Waals surface area contributed by atoms with Crippen molar-refractivity contribution in [2.75, 3.05) is 14.2 Å². The largest absolute Gasteiger partial charge is 0.698 e. The van der Waals surface area contributed by atoms with Gasteiger partial charge in [-0.15, -0.1) is 9.05 Å². The molecule has 20 heteroatoms. The molecule has 88 heavy (non-hydrogen) atoms. The average molecular weight is 1340 g/mol. The Morgan fingerprint density at radius 3 is 0.875 bits per heavy atom. The summed E-state index contributed by atoms with van der Waals surface area (Å²) in [5.41, 5.74) is 4.50. The Balaban J connectivity index is 0.000000308. The second-order valence-electron chi connectivity index (χ2n) is 26.2. The predicted molar refractivity (Wildman–Crippen MR) is 363 cm³/mol. The van der Waals surface area contributed by atoms with Gasteiger partial charge < -0.3 is 34.4 Å². The zero-order valence-corrected chi connectivity index (χ0v) is 58.9. The van der Waals surface area contributed by atoms with Gasteiger partial charge in [-0.25, -0.2) is 0 Å². The second kappa shape index (κ2) is 33.7. The van der Waals surface area contributed by atoms with Crippen molar-refractivity contribution in [2.24, 2.45) is 0 Å². The summed E-state index contributed by atoms with van der Waals surface area (Å²) in [5, 5.41) is 1.07. The minimum atomic E-state index is -3.50. The molecule has 5 N–H and O–H groups in total. The van der Waals surface area contributed by atoms with Gasteiger partial charge in [0.1, 0.15) is 11.2 Å². The first kappa shape index (κ1) is 77.0. The van der Waals surface area contributed by atoms with Crippen LogP contribution in [0.4, 0.5) is 0 Å². The Hall–Kier alpha value is -5.22. The lowest BCUT2D eigenvalue weighted by molar-refractivity contribution is -0.106. The van der Waals surface area contributed by atoms with Crippen molar-refractivity contribution in [1.82, 2.24) is 24.9 Å². The third-order valence-corrected chi connectivity index (χ3v) is 18.1. The molecule has 3 aromatic carbocycles. The lowest BCUT2D eigenvalue weighted by atomic mass is 9.93. The molecule has 5 heterocycles. The fourth-order valence-corrected chi connectivity index (χ4v) is 13.9. The molecule has 16 nitrogen and oxygen atoms in total. The smallest absolute Gasteiger partial charge is 0.368 e. The van der Waals surface area contributed by atoms with E-state index in [0.29, 0.717) is 10.6 Å². The van der Waals surface area contributed by atoms with Crippen LogP contribution in [-0.2, 0) is 50.3 Å². The lowest BCUT2D eigenvalue weighted by Gasteiger charge is -2.32. The molecule has 0 radical (unpaired) electrons. The summed E-state index contributed by atoms with van der Waals surface area (Å²) >= 11 is 3.48. The van der Waals surface area contributed by atoms with Crippen LogP contribution in [0.25, 0.3) is 0 Å². The Labute approximate surface area is 534 Å². The lowest BCUT2D eigenvalue weighted by Crippen LogP contribution is -2.28. The second-order valence-corrected chi connectivity index (χ2v) is 31.7. The van der Waals surface area contributed by atoms with E-state index in [2.05, 4.69) is 89.4 Å². The fraction of sp³-hybridized carbons (Fsp3) is 0.441. The van der Waals surface area contributed by atoms with Crippen molar-refractivity contribution >= 4 is 50.0 Å². The third-order valence-electron chi connectivity index (χ3n) is 11.2. The number of aromatic amines is 5. The minimum absolute atomic E-state index is 0. The summed E-state index contributed by atoms with van der Waals surface area (Å²) in [4.78, 5) is 16.1. The summed E-state index contributed by atoms with van der Waals surface area (Å²) in [6.45, 7) is 33.4. The minimum Gasteiger partial charge on any atom is -0.368 e. The van der Waals surface area contributed by atoms with Gasteiger partial charge >= 0.3 is 23.4 Å². The Bertz CT molecular complexity index is 3110. The summed E-state index contributed by atoms with van der Waals surface area (Å²) in [6.07, 6.45) is 11.1.